The lowest BCUT2D eigenvalue weighted by atomic mass is 10.0. The van der Waals surface area contributed by atoms with Crippen molar-refractivity contribution in [3.63, 3.8) is 0 Å². The Hall–Kier alpha value is -7.07. The molecule has 7 rings (SSSR count). The third-order valence-corrected chi connectivity index (χ3v) is 12.2. The first kappa shape index (κ1) is 42.1. The lowest BCUT2D eigenvalue weighted by molar-refractivity contribution is 0.0987. The molecule has 312 valence electrons. The summed E-state index contributed by atoms with van der Waals surface area (Å²) in [6.07, 6.45) is 2.00. The van der Waals surface area contributed by atoms with Gasteiger partial charge in [-0.15, -0.1) is 0 Å². The van der Waals surface area contributed by atoms with Crippen LogP contribution in [0.3, 0.4) is 0 Å². The van der Waals surface area contributed by atoms with Gasteiger partial charge in [0.1, 0.15) is 11.5 Å². The van der Waals surface area contributed by atoms with Gasteiger partial charge in [-0.2, -0.15) is 0 Å². The molecule has 7 N–H and O–H groups in total. The van der Waals surface area contributed by atoms with Gasteiger partial charge in [-0.25, -0.2) is 8.42 Å². The lowest BCUT2D eigenvalue weighted by Crippen LogP contribution is -2.26. The molecule has 0 aliphatic heterocycles. The molecule has 0 saturated heterocycles. The Kier molecular flexibility index (Phi) is 12.2. The summed E-state index contributed by atoms with van der Waals surface area (Å²) in [5.74, 6) is -0.655. The van der Waals surface area contributed by atoms with E-state index in [1.165, 1.54) is 60.7 Å². The maximum atomic E-state index is 14.2. The fourth-order valence-electron chi connectivity index (χ4n) is 7.21. The molecule has 0 saturated carbocycles. The van der Waals surface area contributed by atoms with Crippen LogP contribution in [-0.2, 0) is 16.3 Å². The zero-order valence-corrected chi connectivity index (χ0v) is 34.4. The summed E-state index contributed by atoms with van der Waals surface area (Å²) in [6.45, 7) is 2.62. The van der Waals surface area contributed by atoms with Crippen molar-refractivity contribution in [3.05, 3.63) is 154 Å². The number of hydrogen-bond acceptors (Lipinski definition) is 11. The van der Waals surface area contributed by atoms with Crippen LogP contribution in [0.25, 0.3) is 21.8 Å². The Morgan fingerprint density at radius 1 is 0.934 bits per heavy atom. The summed E-state index contributed by atoms with van der Waals surface area (Å²) >= 11 is 0. The molecule has 2 aromatic heterocycles. The number of benzene rings is 5. The Morgan fingerprint density at radius 3 is 2.46 bits per heavy atom. The van der Waals surface area contributed by atoms with Crippen LogP contribution in [0.4, 0.5) is 17.1 Å². The number of nitrogens with zero attached hydrogens (tertiary/aromatic N) is 2. The van der Waals surface area contributed by atoms with Crippen molar-refractivity contribution in [2.45, 2.75) is 35.7 Å². The van der Waals surface area contributed by atoms with Crippen molar-refractivity contribution in [3.8, 4) is 11.5 Å². The summed E-state index contributed by atoms with van der Waals surface area (Å²) in [6, 6.07) is 29.4. The van der Waals surface area contributed by atoms with Crippen LogP contribution < -0.4 is 31.6 Å². The smallest absolute Gasteiger partial charge is 0.258 e. The minimum atomic E-state index is -4.18. The molecule has 0 fully saturated rings. The van der Waals surface area contributed by atoms with Gasteiger partial charge in [-0.1, -0.05) is 30.3 Å². The van der Waals surface area contributed by atoms with Gasteiger partial charge in [0.25, 0.3) is 11.8 Å². The van der Waals surface area contributed by atoms with Gasteiger partial charge in [0.15, 0.2) is 0 Å². The molecule has 7 aromatic rings. The normalized spacial score (nSPS) is 12.0. The van der Waals surface area contributed by atoms with E-state index in [1.54, 1.807) is 56.4 Å². The van der Waals surface area contributed by atoms with Crippen LogP contribution in [0.15, 0.2) is 130 Å². The molecule has 0 unspecified atom stereocenters. The van der Waals surface area contributed by atoms with E-state index in [9.17, 15) is 33.0 Å². The maximum Gasteiger partial charge on any atom is 0.258 e. The second-order valence-electron chi connectivity index (χ2n) is 14.6. The van der Waals surface area contributed by atoms with Crippen molar-refractivity contribution in [2.75, 3.05) is 37.5 Å². The number of aliphatic hydroxyl groups is 1. The van der Waals surface area contributed by atoms with Gasteiger partial charge in [0, 0.05) is 59.6 Å². The Labute approximate surface area is 351 Å². The van der Waals surface area contributed by atoms with E-state index in [1.807, 2.05) is 24.3 Å². The van der Waals surface area contributed by atoms with Gasteiger partial charge in [0.05, 0.1) is 45.3 Å². The van der Waals surface area contributed by atoms with Crippen molar-refractivity contribution in [2.24, 2.45) is 5.73 Å². The first-order valence-electron chi connectivity index (χ1n) is 19.3. The van der Waals surface area contributed by atoms with Crippen molar-refractivity contribution in [1.29, 1.82) is 0 Å². The average Bonchev–Trinajstić information content (AvgIpc) is 3.26. The number of methoxy groups -OCH3 is 1. The number of hydrogen-bond donors (Lipinski definition) is 6. The van der Waals surface area contributed by atoms with E-state index in [0.717, 1.165) is 18.4 Å². The molecule has 15 heteroatoms. The van der Waals surface area contributed by atoms with E-state index in [-0.39, 0.29) is 50.0 Å². The number of nitrogens with two attached hydrogens (primary N) is 1. The molecule has 0 bridgehead atoms. The molecule has 2 heterocycles. The highest BCUT2D eigenvalue weighted by molar-refractivity contribution is 7.91. The zero-order chi connectivity index (χ0) is 43.4. The van der Waals surface area contributed by atoms with E-state index >= 15 is 0 Å². The minimum Gasteiger partial charge on any atom is -0.506 e. The van der Waals surface area contributed by atoms with E-state index in [0.29, 0.717) is 51.1 Å². The number of nitrogens with one attached hydrogen (secondary N) is 3. The number of aromatic hydroxyl groups is 1. The fraction of sp³-hybridized carbons (Fsp3) is 0.174. The number of pyridine rings is 2. The minimum absolute atomic E-state index is 0.0564. The van der Waals surface area contributed by atoms with Gasteiger partial charge in [0.2, 0.25) is 15.4 Å². The lowest BCUT2D eigenvalue weighted by Gasteiger charge is -2.19. The third-order valence-electron chi connectivity index (χ3n) is 10.5. The van der Waals surface area contributed by atoms with E-state index in [4.69, 9.17) is 10.5 Å². The fourth-order valence-corrected chi connectivity index (χ4v) is 8.63. The number of aliphatic hydroxyl groups excluding tert-OH is 1. The second-order valence-corrected chi connectivity index (χ2v) is 16.5. The predicted molar refractivity (Wildman–Crippen MR) is 235 cm³/mol. The number of phenolic OH excluding ortho intramolecular Hbond substituents is 1. The quantitative estimate of drug-likeness (QED) is 0.0629. The molecule has 61 heavy (non-hydrogen) atoms. The van der Waals surface area contributed by atoms with Crippen LogP contribution in [0.2, 0.25) is 0 Å². The van der Waals surface area contributed by atoms with Crippen molar-refractivity contribution in [1.82, 2.24) is 15.3 Å². The van der Waals surface area contributed by atoms with Crippen LogP contribution in [0, 0.1) is 6.92 Å². The Balaban J connectivity index is 1.02. The molecule has 2 amide bonds. The molecule has 5 aromatic carbocycles. The molecule has 14 nitrogen and oxygen atoms in total. The third kappa shape index (κ3) is 8.94. The van der Waals surface area contributed by atoms with Crippen LogP contribution >= 0.6 is 0 Å². The van der Waals surface area contributed by atoms with Gasteiger partial charge >= 0.3 is 0 Å². The summed E-state index contributed by atoms with van der Waals surface area (Å²) in [7, 11) is -1.03. The number of carbonyl (C=O) groups excluding carboxylic acids is 2. The first-order chi connectivity index (χ1) is 29.2. The van der Waals surface area contributed by atoms with Crippen LogP contribution in [0.5, 0.6) is 11.5 Å². The number of ether oxygens (including phenoxy) is 1. The molecular formula is C46H44N6O8S. The highest BCUT2D eigenvalue weighted by atomic mass is 32.2. The number of sulfone groups is 1. The summed E-state index contributed by atoms with van der Waals surface area (Å²) in [4.78, 5) is 46.4. The highest BCUT2D eigenvalue weighted by Crippen LogP contribution is 2.35. The second kappa shape index (κ2) is 17.6. The van der Waals surface area contributed by atoms with Crippen molar-refractivity contribution < 1.29 is 33.0 Å². The number of primary amides is 1. The number of anilines is 3. The van der Waals surface area contributed by atoms with E-state index in [2.05, 4.69) is 20.6 Å². The number of rotatable bonds is 15. The number of phenols is 1. The first-order valence-corrected chi connectivity index (χ1v) is 20.8. The number of aromatic nitrogens is 2. The molecule has 0 radical (unpaired) electrons. The summed E-state index contributed by atoms with van der Waals surface area (Å²) in [5, 5.41) is 28.4. The monoisotopic (exact) mass is 840 g/mol. The summed E-state index contributed by atoms with van der Waals surface area (Å²) in [5.41, 5.74) is 10.0. The average molecular weight is 841 g/mol. The number of amides is 2. The molecule has 0 spiro atoms. The zero-order valence-electron chi connectivity index (χ0n) is 33.6. The molecule has 1 atom stereocenters. The number of aryl methyl sites for hydroxylation is 2. The Bertz CT molecular complexity index is 2970. The molecule has 0 aliphatic carbocycles. The molecular weight excluding hydrogens is 797 g/mol. The molecule has 0 aliphatic rings. The largest absolute Gasteiger partial charge is 0.506 e. The van der Waals surface area contributed by atoms with Crippen LogP contribution in [-0.4, -0.2) is 67.7 Å². The predicted octanol–water partition coefficient (Wildman–Crippen LogP) is 6.31. The topological polar surface area (TPSA) is 217 Å². The van der Waals surface area contributed by atoms with Gasteiger partial charge in [-0.05, 0) is 110 Å². The van der Waals surface area contributed by atoms with Gasteiger partial charge < -0.3 is 41.2 Å². The maximum absolute atomic E-state index is 14.2. The van der Waals surface area contributed by atoms with Crippen LogP contribution in [0.1, 0.15) is 49.9 Å². The van der Waals surface area contributed by atoms with Crippen molar-refractivity contribution >= 4 is 60.5 Å². The SMILES string of the molecule is COc1cccc(Nc2c(C(N)=O)cnc3c(C)cc(S(=O)(=O)c4cccc(C(=O)N(C)c5ccc(CCCNC[C@H](O)c6ccc(O)c7[nH]c(=O)ccc67)cc5)c4)cc23)c1. The highest BCUT2D eigenvalue weighted by Gasteiger charge is 2.24. The summed E-state index contributed by atoms with van der Waals surface area (Å²) < 4.78 is 33.8. The number of fused-ring (bicyclic) bond motifs is 2. The number of H-pyrrole nitrogens is 1. The Morgan fingerprint density at radius 2 is 1.70 bits per heavy atom. The standard InChI is InChI=1S/C46H44N6O8S/c1-27-21-34(24-37-42(27)49-25-38(45(47)56)43(37)50-30-9-5-10-32(23-30)60-3)61(58,59)33-11-4-8-29(22-33)46(57)52(2)31-14-12-28(13-15-31)7-6-20-48-26-40(54)35-16-18-39(53)44-36(35)17-19-41(55)51-44/h4-5,8-19,21-25,40,48,53-54H,6-7,20,26H2,1-3H3,(H2,47,56)(H,49,50)(H,51,55)/t40-/m0/s1. The van der Waals surface area contributed by atoms with E-state index < -0.39 is 27.8 Å². The number of aromatic amines is 1. The number of carbonyl (C=O) groups is 2. The van der Waals surface area contributed by atoms with Gasteiger partial charge in [-0.3, -0.25) is 19.4 Å².